The summed E-state index contributed by atoms with van der Waals surface area (Å²) in [5.41, 5.74) is 4.10. The molecule has 1 saturated heterocycles. The third-order valence-corrected chi connectivity index (χ3v) is 5.12. The zero-order chi connectivity index (χ0) is 19.5. The van der Waals surface area contributed by atoms with Crippen molar-refractivity contribution in [2.45, 2.75) is 6.92 Å². The van der Waals surface area contributed by atoms with Crippen molar-refractivity contribution in [3.8, 4) is 16.9 Å². The van der Waals surface area contributed by atoms with Crippen molar-refractivity contribution in [1.82, 2.24) is 9.97 Å². The molecule has 0 N–H and O–H groups in total. The Balaban J connectivity index is 1.45. The molecule has 28 heavy (non-hydrogen) atoms. The van der Waals surface area contributed by atoms with Crippen molar-refractivity contribution in [3.63, 3.8) is 0 Å². The van der Waals surface area contributed by atoms with Gasteiger partial charge in [-0.2, -0.15) is 0 Å². The lowest BCUT2D eigenvalue weighted by Crippen LogP contribution is -2.47. The molecule has 144 valence electrons. The molecule has 6 heteroatoms. The van der Waals surface area contributed by atoms with Crippen LogP contribution < -0.4 is 14.5 Å². The topological polar surface area (TPSA) is 41.5 Å². The monoisotopic (exact) mass is 378 g/mol. The predicted octanol–water partition coefficient (Wildman–Crippen LogP) is 3.93. The molecule has 0 radical (unpaired) electrons. The van der Waals surface area contributed by atoms with Crippen LogP contribution in [0.1, 0.15) is 5.69 Å². The van der Waals surface area contributed by atoms with E-state index in [4.69, 9.17) is 9.72 Å². The van der Waals surface area contributed by atoms with Crippen LogP contribution in [0.15, 0.2) is 54.7 Å². The van der Waals surface area contributed by atoms with Crippen LogP contribution in [-0.2, 0) is 0 Å². The van der Waals surface area contributed by atoms with E-state index in [0.29, 0.717) is 0 Å². The summed E-state index contributed by atoms with van der Waals surface area (Å²) in [6.07, 6.45) is 1.89. The number of halogens is 1. The van der Waals surface area contributed by atoms with Crippen LogP contribution in [0.25, 0.3) is 11.1 Å². The van der Waals surface area contributed by atoms with Gasteiger partial charge in [-0.25, -0.2) is 14.4 Å². The van der Waals surface area contributed by atoms with Crippen LogP contribution in [0.2, 0.25) is 0 Å². The van der Waals surface area contributed by atoms with Crippen molar-refractivity contribution in [2.75, 3.05) is 43.1 Å². The Bertz CT molecular complexity index is 936. The first-order valence-corrected chi connectivity index (χ1v) is 9.37. The minimum Gasteiger partial charge on any atom is -0.497 e. The highest BCUT2D eigenvalue weighted by Gasteiger charge is 2.20. The van der Waals surface area contributed by atoms with E-state index in [9.17, 15) is 4.39 Å². The van der Waals surface area contributed by atoms with Crippen LogP contribution in [0, 0.1) is 12.7 Å². The molecule has 1 aliphatic heterocycles. The molecular formula is C22H23FN4O. The number of piperazine rings is 1. The third kappa shape index (κ3) is 3.76. The summed E-state index contributed by atoms with van der Waals surface area (Å²) in [6.45, 7) is 5.39. The molecule has 1 aromatic heterocycles. The molecule has 1 fully saturated rings. The van der Waals surface area contributed by atoms with E-state index in [2.05, 4.69) is 14.8 Å². The molecule has 3 aromatic rings. The number of benzene rings is 2. The summed E-state index contributed by atoms with van der Waals surface area (Å²) in [4.78, 5) is 13.8. The third-order valence-electron chi connectivity index (χ3n) is 5.12. The minimum absolute atomic E-state index is 0.205. The average Bonchev–Trinajstić information content (AvgIpc) is 2.74. The fourth-order valence-electron chi connectivity index (χ4n) is 3.48. The molecule has 0 spiro atoms. The van der Waals surface area contributed by atoms with Gasteiger partial charge in [0.25, 0.3) is 0 Å². The molecule has 2 aromatic carbocycles. The van der Waals surface area contributed by atoms with Crippen LogP contribution in [-0.4, -0.2) is 43.3 Å². The van der Waals surface area contributed by atoms with Gasteiger partial charge in [0, 0.05) is 43.6 Å². The lowest BCUT2D eigenvalue weighted by atomic mass is 10.1. The lowest BCUT2D eigenvalue weighted by Gasteiger charge is -2.36. The molecule has 0 atom stereocenters. The van der Waals surface area contributed by atoms with Crippen molar-refractivity contribution in [3.05, 3.63) is 66.2 Å². The number of rotatable bonds is 4. The largest absolute Gasteiger partial charge is 0.497 e. The Morgan fingerprint density at radius 3 is 2.14 bits per heavy atom. The summed E-state index contributed by atoms with van der Waals surface area (Å²) in [5.74, 6) is 1.38. The Kier molecular flexibility index (Phi) is 5.10. The summed E-state index contributed by atoms with van der Waals surface area (Å²) >= 11 is 0. The van der Waals surface area contributed by atoms with Crippen LogP contribution >= 0.6 is 0 Å². The van der Waals surface area contributed by atoms with Gasteiger partial charge in [-0.15, -0.1) is 0 Å². The van der Waals surface area contributed by atoms with E-state index >= 15 is 0 Å². The summed E-state index contributed by atoms with van der Waals surface area (Å²) in [5, 5.41) is 0. The first-order valence-electron chi connectivity index (χ1n) is 9.37. The smallest absolute Gasteiger partial charge is 0.225 e. The highest BCUT2D eigenvalue weighted by Crippen LogP contribution is 2.26. The van der Waals surface area contributed by atoms with E-state index in [-0.39, 0.29) is 5.82 Å². The SMILES string of the molecule is COc1ccc(-c2cnc(N3CCN(c4ccc(F)cc4)CC3)nc2C)cc1. The van der Waals surface area contributed by atoms with Gasteiger partial charge >= 0.3 is 0 Å². The molecule has 4 rings (SSSR count). The van der Waals surface area contributed by atoms with Gasteiger partial charge in [0.15, 0.2) is 0 Å². The molecule has 2 heterocycles. The number of nitrogens with zero attached hydrogens (tertiary/aromatic N) is 4. The molecular weight excluding hydrogens is 355 g/mol. The average molecular weight is 378 g/mol. The minimum atomic E-state index is -0.205. The second-order valence-electron chi connectivity index (χ2n) is 6.85. The number of hydrogen-bond acceptors (Lipinski definition) is 5. The molecule has 0 saturated carbocycles. The Hall–Kier alpha value is -3.15. The molecule has 0 unspecified atom stereocenters. The zero-order valence-electron chi connectivity index (χ0n) is 16.1. The van der Waals surface area contributed by atoms with Gasteiger partial charge in [-0.1, -0.05) is 12.1 Å². The van der Waals surface area contributed by atoms with Gasteiger partial charge < -0.3 is 14.5 Å². The van der Waals surface area contributed by atoms with Crippen molar-refractivity contribution >= 4 is 11.6 Å². The molecule has 0 amide bonds. The molecule has 1 aliphatic rings. The van der Waals surface area contributed by atoms with E-state index in [1.807, 2.05) is 49.5 Å². The number of methoxy groups -OCH3 is 1. The summed E-state index contributed by atoms with van der Waals surface area (Å²) in [7, 11) is 1.66. The Labute approximate surface area is 164 Å². The maximum atomic E-state index is 13.1. The highest BCUT2D eigenvalue weighted by molar-refractivity contribution is 5.66. The number of aryl methyl sites for hydroxylation is 1. The second-order valence-corrected chi connectivity index (χ2v) is 6.85. The van der Waals surface area contributed by atoms with Gasteiger partial charge in [0.2, 0.25) is 5.95 Å². The normalized spacial score (nSPS) is 14.2. The van der Waals surface area contributed by atoms with Gasteiger partial charge in [-0.05, 0) is 48.9 Å². The highest BCUT2D eigenvalue weighted by atomic mass is 19.1. The Morgan fingerprint density at radius 2 is 1.54 bits per heavy atom. The molecule has 0 aliphatic carbocycles. The van der Waals surface area contributed by atoms with Gasteiger partial charge in [0.05, 0.1) is 12.8 Å². The fourth-order valence-corrected chi connectivity index (χ4v) is 3.48. The maximum Gasteiger partial charge on any atom is 0.225 e. The van der Waals surface area contributed by atoms with E-state index in [1.54, 1.807) is 7.11 Å². The summed E-state index contributed by atoms with van der Waals surface area (Å²) in [6, 6.07) is 14.6. The van der Waals surface area contributed by atoms with Gasteiger partial charge in [0.1, 0.15) is 11.6 Å². The van der Waals surface area contributed by atoms with Gasteiger partial charge in [-0.3, -0.25) is 0 Å². The van der Waals surface area contributed by atoms with Crippen LogP contribution in [0.5, 0.6) is 5.75 Å². The molecule has 5 nitrogen and oxygen atoms in total. The maximum absolute atomic E-state index is 13.1. The number of anilines is 2. The standard InChI is InChI=1S/C22H23FN4O/c1-16-21(17-3-9-20(28-2)10-4-17)15-24-22(25-16)27-13-11-26(12-14-27)19-7-5-18(23)6-8-19/h3-10,15H,11-14H2,1-2H3. The van der Waals surface area contributed by atoms with Crippen molar-refractivity contribution in [1.29, 1.82) is 0 Å². The molecule has 0 bridgehead atoms. The lowest BCUT2D eigenvalue weighted by molar-refractivity contribution is 0.415. The van der Waals surface area contributed by atoms with Crippen LogP contribution in [0.3, 0.4) is 0 Å². The van der Waals surface area contributed by atoms with E-state index in [0.717, 1.165) is 60.4 Å². The number of aromatic nitrogens is 2. The summed E-state index contributed by atoms with van der Waals surface area (Å²) < 4.78 is 18.3. The fraction of sp³-hybridized carbons (Fsp3) is 0.273. The second kappa shape index (κ2) is 7.84. The van der Waals surface area contributed by atoms with Crippen molar-refractivity contribution in [2.24, 2.45) is 0 Å². The van der Waals surface area contributed by atoms with E-state index in [1.165, 1.54) is 12.1 Å². The quantitative estimate of drug-likeness (QED) is 0.688. The Morgan fingerprint density at radius 1 is 0.893 bits per heavy atom. The number of ether oxygens (including phenoxy) is 1. The van der Waals surface area contributed by atoms with E-state index < -0.39 is 0 Å². The van der Waals surface area contributed by atoms with Crippen molar-refractivity contribution < 1.29 is 9.13 Å². The first-order chi connectivity index (χ1) is 13.6. The first kappa shape index (κ1) is 18.2. The van der Waals surface area contributed by atoms with Crippen LogP contribution in [0.4, 0.5) is 16.0 Å². The number of hydrogen-bond donors (Lipinski definition) is 0. The zero-order valence-corrected chi connectivity index (χ0v) is 16.1. The predicted molar refractivity (Wildman–Crippen MR) is 110 cm³/mol.